The van der Waals surface area contributed by atoms with Crippen LogP contribution in [0.3, 0.4) is 0 Å². The number of hydrogen-bond donors (Lipinski definition) is 1. The molecule has 1 atom stereocenters. The second-order valence-corrected chi connectivity index (χ2v) is 2.70. The highest BCUT2D eigenvalue weighted by atomic mass is 16.5. The zero-order valence-electron chi connectivity index (χ0n) is 6.76. The van der Waals surface area contributed by atoms with Crippen LogP contribution in [0.1, 0.15) is 26.7 Å². The third-order valence-electron chi connectivity index (χ3n) is 1.74. The van der Waals surface area contributed by atoms with Crippen molar-refractivity contribution in [2.24, 2.45) is 0 Å². The van der Waals surface area contributed by atoms with Crippen molar-refractivity contribution in [1.82, 2.24) is 0 Å². The monoisotopic (exact) mass is 156 g/mol. The van der Waals surface area contributed by atoms with Gasteiger partial charge < -0.3 is 9.84 Å². The van der Waals surface area contributed by atoms with Crippen molar-refractivity contribution in [3.63, 3.8) is 0 Å². The number of ether oxygens (including phenoxy) is 1. The molecule has 0 saturated heterocycles. The van der Waals surface area contributed by atoms with Gasteiger partial charge in [0.25, 0.3) is 0 Å². The van der Waals surface area contributed by atoms with Gasteiger partial charge in [0.1, 0.15) is 11.9 Å². The molecule has 1 aliphatic heterocycles. The first-order valence-electron chi connectivity index (χ1n) is 3.77. The van der Waals surface area contributed by atoms with Gasteiger partial charge in [-0.1, -0.05) is 6.92 Å². The van der Waals surface area contributed by atoms with Crippen LogP contribution < -0.4 is 0 Å². The van der Waals surface area contributed by atoms with Crippen LogP contribution in [0.15, 0.2) is 11.3 Å². The molecule has 3 heteroatoms. The molecule has 1 heterocycles. The number of aliphatic hydroxyl groups excluding tert-OH is 1. The number of hydrogen-bond acceptors (Lipinski definition) is 3. The topological polar surface area (TPSA) is 46.5 Å². The lowest BCUT2D eigenvalue weighted by Crippen LogP contribution is -2.23. The van der Waals surface area contributed by atoms with Crippen LogP contribution >= 0.6 is 0 Å². The molecule has 0 radical (unpaired) electrons. The highest BCUT2D eigenvalue weighted by Gasteiger charge is 2.24. The smallest absolute Gasteiger partial charge is 0.337 e. The Morgan fingerprint density at radius 3 is 2.82 bits per heavy atom. The minimum Gasteiger partial charge on any atom is -0.512 e. The maximum Gasteiger partial charge on any atom is 0.337 e. The summed E-state index contributed by atoms with van der Waals surface area (Å²) in [5.74, 6) is -0.181. The fourth-order valence-electron chi connectivity index (χ4n) is 1.16. The van der Waals surface area contributed by atoms with Crippen molar-refractivity contribution in [2.75, 3.05) is 0 Å². The zero-order chi connectivity index (χ0) is 8.43. The van der Waals surface area contributed by atoms with Crippen LogP contribution in [0.25, 0.3) is 0 Å². The van der Waals surface area contributed by atoms with Crippen molar-refractivity contribution >= 4 is 5.97 Å². The summed E-state index contributed by atoms with van der Waals surface area (Å²) < 4.78 is 4.90. The van der Waals surface area contributed by atoms with Gasteiger partial charge in [0.05, 0.1) is 5.57 Å². The third-order valence-corrected chi connectivity index (χ3v) is 1.74. The van der Waals surface area contributed by atoms with Crippen molar-refractivity contribution in [3.05, 3.63) is 11.3 Å². The van der Waals surface area contributed by atoms with E-state index in [0.717, 1.165) is 0 Å². The minimum atomic E-state index is -0.372. The highest BCUT2D eigenvalue weighted by molar-refractivity contribution is 5.89. The summed E-state index contributed by atoms with van der Waals surface area (Å²) in [6, 6.07) is 0. The van der Waals surface area contributed by atoms with E-state index in [2.05, 4.69) is 0 Å². The lowest BCUT2D eigenvalue weighted by atomic mass is 10.1. The molecule has 0 fully saturated rings. The first kappa shape index (κ1) is 8.11. The molecule has 0 unspecified atom stereocenters. The summed E-state index contributed by atoms with van der Waals surface area (Å²) >= 11 is 0. The maximum atomic E-state index is 11.0. The number of cyclic esters (lactones) is 1. The summed E-state index contributed by atoms with van der Waals surface area (Å²) in [4.78, 5) is 11.0. The van der Waals surface area contributed by atoms with Crippen LogP contribution in [0.4, 0.5) is 0 Å². The van der Waals surface area contributed by atoms with Crippen LogP contribution in [0.2, 0.25) is 0 Å². The van der Waals surface area contributed by atoms with Crippen LogP contribution in [0.5, 0.6) is 0 Å². The largest absolute Gasteiger partial charge is 0.512 e. The molecule has 0 spiro atoms. The third kappa shape index (κ3) is 1.53. The average Bonchev–Trinajstić information content (AvgIpc) is 1.85. The Hall–Kier alpha value is -0.990. The van der Waals surface area contributed by atoms with Crippen LogP contribution in [0, 0.1) is 0 Å². The highest BCUT2D eigenvalue weighted by Crippen LogP contribution is 2.21. The van der Waals surface area contributed by atoms with E-state index in [-0.39, 0.29) is 17.8 Å². The van der Waals surface area contributed by atoms with Gasteiger partial charge in [-0.2, -0.15) is 0 Å². The Balaban J connectivity index is 2.86. The molecule has 11 heavy (non-hydrogen) atoms. The lowest BCUT2D eigenvalue weighted by molar-refractivity contribution is -0.145. The van der Waals surface area contributed by atoms with Crippen molar-refractivity contribution < 1.29 is 14.6 Å². The normalized spacial score (nSPS) is 25.3. The molecule has 3 nitrogen and oxygen atoms in total. The molecule has 0 aliphatic carbocycles. The molecule has 1 aliphatic rings. The first-order chi connectivity index (χ1) is 5.15. The molecular formula is C8H12O3. The fourth-order valence-corrected chi connectivity index (χ4v) is 1.16. The van der Waals surface area contributed by atoms with Gasteiger partial charge in [0, 0.05) is 6.42 Å². The molecule has 0 amide bonds. The molecule has 0 aromatic rings. The summed E-state index contributed by atoms with van der Waals surface area (Å²) in [7, 11) is 0. The molecule has 1 rings (SSSR count). The summed E-state index contributed by atoms with van der Waals surface area (Å²) in [6.45, 7) is 3.59. The standard InChI is InChI=1S/C8H12O3/c1-3-6-7(9)4-5(2)11-8(6)10/h5,9H,3-4H2,1-2H3/t5-/m1/s1. The predicted molar refractivity (Wildman–Crippen MR) is 40.1 cm³/mol. The van der Waals surface area contributed by atoms with E-state index in [4.69, 9.17) is 4.74 Å². The van der Waals surface area contributed by atoms with Gasteiger partial charge in [-0.25, -0.2) is 4.79 Å². The Labute approximate surface area is 65.7 Å². The van der Waals surface area contributed by atoms with Crippen LogP contribution in [-0.4, -0.2) is 17.2 Å². The average molecular weight is 156 g/mol. The second kappa shape index (κ2) is 2.95. The second-order valence-electron chi connectivity index (χ2n) is 2.70. The number of carbonyl (C=O) groups excluding carboxylic acids is 1. The number of esters is 1. The van der Waals surface area contributed by atoms with Crippen molar-refractivity contribution in [3.8, 4) is 0 Å². The van der Waals surface area contributed by atoms with Crippen LogP contribution in [-0.2, 0) is 9.53 Å². The van der Waals surface area contributed by atoms with Gasteiger partial charge in [-0.05, 0) is 13.3 Å². The first-order valence-corrected chi connectivity index (χ1v) is 3.77. The van der Waals surface area contributed by atoms with E-state index in [9.17, 15) is 9.90 Å². The predicted octanol–water partition coefficient (Wildman–Crippen LogP) is 1.54. The van der Waals surface area contributed by atoms with Gasteiger partial charge in [-0.3, -0.25) is 0 Å². The van der Waals surface area contributed by atoms with E-state index in [0.29, 0.717) is 18.4 Å². The molecule has 62 valence electrons. The Bertz CT molecular complexity index is 205. The quantitative estimate of drug-likeness (QED) is 0.586. The summed E-state index contributed by atoms with van der Waals surface area (Å²) in [6.07, 6.45) is 0.810. The lowest BCUT2D eigenvalue weighted by Gasteiger charge is -2.20. The summed E-state index contributed by atoms with van der Waals surface area (Å²) in [5.41, 5.74) is 0.420. The van der Waals surface area contributed by atoms with Crippen molar-refractivity contribution in [1.29, 1.82) is 0 Å². The molecule has 0 aromatic heterocycles. The summed E-state index contributed by atoms with van der Waals surface area (Å²) in [5, 5.41) is 9.29. The van der Waals surface area contributed by atoms with E-state index < -0.39 is 0 Å². The number of carbonyl (C=O) groups is 1. The number of rotatable bonds is 1. The molecule has 1 N–H and O–H groups in total. The Morgan fingerprint density at radius 2 is 2.36 bits per heavy atom. The van der Waals surface area contributed by atoms with Gasteiger partial charge in [-0.15, -0.1) is 0 Å². The van der Waals surface area contributed by atoms with E-state index in [1.165, 1.54) is 0 Å². The van der Waals surface area contributed by atoms with Gasteiger partial charge >= 0.3 is 5.97 Å². The zero-order valence-corrected chi connectivity index (χ0v) is 6.76. The minimum absolute atomic E-state index is 0.183. The SMILES string of the molecule is CCC1=C(O)C[C@@H](C)OC1=O. The maximum absolute atomic E-state index is 11.0. The molecule has 0 saturated carbocycles. The number of aliphatic hydroxyl groups is 1. The van der Waals surface area contributed by atoms with Crippen molar-refractivity contribution in [2.45, 2.75) is 32.8 Å². The van der Waals surface area contributed by atoms with E-state index >= 15 is 0 Å². The van der Waals surface area contributed by atoms with Gasteiger partial charge in [0.15, 0.2) is 0 Å². The van der Waals surface area contributed by atoms with Gasteiger partial charge in [0.2, 0.25) is 0 Å². The Morgan fingerprint density at radius 1 is 1.73 bits per heavy atom. The van der Waals surface area contributed by atoms with E-state index in [1.807, 2.05) is 6.92 Å². The fraction of sp³-hybridized carbons (Fsp3) is 0.625. The Kier molecular flexibility index (Phi) is 2.17. The molecular weight excluding hydrogens is 144 g/mol. The van der Waals surface area contributed by atoms with E-state index in [1.54, 1.807) is 6.92 Å². The molecule has 0 bridgehead atoms. The molecule has 0 aromatic carbocycles.